The van der Waals surface area contributed by atoms with Gasteiger partial charge < -0.3 is 14.8 Å². The van der Waals surface area contributed by atoms with Crippen molar-refractivity contribution < 1.29 is 22.7 Å². The highest BCUT2D eigenvalue weighted by Crippen LogP contribution is 2.36. The summed E-state index contributed by atoms with van der Waals surface area (Å²) in [5.41, 5.74) is 1.42. The van der Waals surface area contributed by atoms with Crippen molar-refractivity contribution in [2.75, 3.05) is 38.7 Å². The number of sulfonamides is 1. The molecule has 1 aromatic heterocycles. The minimum Gasteiger partial charge on any atom is -0.497 e. The number of carbonyl (C=O) groups excluding carboxylic acids is 1. The molecule has 1 atom stereocenters. The van der Waals surface area contributed by atoms with Gasteiger partial charge in [0.25, 0.3) is 0 Å². The third-order valence-corrected chi connectivity index (χ3v) is 8.32. The minimum absolute atomic E-state index is 0.121. The van der Waals surface area contributed by atoms with E-state index in [9.17, 15) is 13.2 Å². The molecular weight excluding hydrogens is 474 g/mol. The third kappa shape index (κ3) is 5.76. The summed E-state index contributed by atoms with van der Waals surface area (Å²) in [5, 5.41) is 2.87. The molecule has 1 aliphatic rings. The molecule has 1 aliphatic heterocycles. The number of hydrogen-bond donors (Lipinski definition) is 1. The zero-order chi connectivity index (χ0) is 24.0. The normalized spacial score (nSPS) is 15.4. The first-order valence-electron chi connectivity index (χ1n) is 10.7. The van der Waals surface area contributed by atoms with Gasteiger partial charge in [0.2, 0.25) is 15.9 Å². The van der Waals surface area contributed by atoms with Crippen molar-refractivity contribution in [1.29, 1.82) is 0 Å². The monoisotopic (exact) mass is 499 g/mol. The van der Waals surface area contributed by atoms with E-state index >= 15 is 0 Å². The van der Waals surface area contributed by atoms with Gasteiger partial charge in [-0.2, -0.15) is 4.31 Å². The smallest absolute Gasteiger partial charge is 0.244 e. The van der Waals surface area contributed by atoms with Gasteiger partial charge in [-0.25, -0.2) is 13.4 Å². The second-order valence-electron chi connectivity index (χ2n) is 7.48. The van der Waals surface area contributed by atoms with Gasteiger partial charge in [0.1, 0.15) is 15.9 Å². The molecule has 1 amide bonds. The molecule has 0 aliphatic carbocycles. The average molecular weight is 500 g/mol. The summed E-state index contributed by atoms with van der Waals surface area (Å²) in [6.07, 6.45) is 1.34. The van der Waals surface area contributed by atoms with E-state index < -0.39 is 15.3 Å². The number of amides is 1. The lowest BCUT2D eigenvalue weighted by molar-refractivity contribution is -0.115. The molecule has 10 heteroatoms. The number of nitrogens with one attached hydrogen (secondary N) is 1. The highest BCUT2D eigenvalue weighted by atomic mass is 32.2. The van der Waals surface area contributed by atoms with Gasteiger partial charge >= 0.3 is 0 Å². The Bertz CT molecular complexity index is 1210. The van der Waals surface area contributed by atoms with Crippen molar-refractivity contribution in [2.24, 2.45) is 0 Å². The van der Waals surface area contributed by atoms with Gasteiger partial charge in [-0.1, -0.05) is 48.2 Å². The van der Waals surface area contributed by atoms with Crippen LogP contribution >= 0.6 is 11.8 Å². The SMILES string of the molecule is COc1cccc(NC(=O)[C@H](Sc2ccc(S(=O)(=O)N3CCOCC3)cn2)c2ccccc2)c1. The Balaban J connectivity index is 1.54. The van der Waals surface area contributed by atoms with Crippen LogP contribution in [0.3, 0.4) is 0 Å². The number of carbonyl (C=O) groups is 1. The number of hydrogen-bond acceptors (Lipinski definition) is 7. The lowest BCUT2D eigenvalue weighted by Gasteiger charge is -2.25. The second-order valence-corrected chi connectivity index (χ2v) is 10.5. The maximum Gasteiger partial charge on any atom is 0.244 e. The van der Waals surface area contributed by atoms with E-state index in [0.29, 0.717) is 42.8 Å². The molecule has 0 unspecified atom stereocenters. The molecule has 178 valence electrons. The van der Waals surface area contributed by atoms with Crippen molar-refractivity contribution in [2.45, 2.75) is 15.2 Å². The van der Waals surface area contributed by atoms with Crippen LogP contribution in [-0.4, -0.2) is 57.0 Å². The van der Waals surface area contributed by atoms with E-state index in [1.807, 2.05) is 30.3 Å². The van der Waals surface area contributed by atoms with Crippen LogP contribution < -0.4 is 10.1 Å². The maximum absolute atomic E-state index is 13.2. The van der Waals surface area contributed by atoms with Gasteiger partial charge in [-0.15, -0.1) is 0 Å². The number of benzene rings is 2. The minimum atomic E-state index is -3.63. The summed E-state index contributed by atoms with van der Waals surface area (Å²) < 4.78 is 37.6. The largest absolute Gasteiger partial charge is 0.497 e. The Hall–Kier alpha value is -2.92. The molecule has 2 aromatic carbocycles. The zero-order valence-corrected chi connectivity index (χ0v) is 20.2. The topological polar surface area (TPSA) is 97.8 Å². The highest BCUT2D eigenvalue weighted by molar-refractivity contribution is 8.00. The molecule has 0 saturated carbocycles. The Kier molecular flexibility index (Phi) is 7.84. The van der Waals surface area contributed by atoms with Crippen molar-refractivity contribution in [1.82, 2.24) is 9.29 Å². The van der Waals surface area contributed by atoms with E-state index in [1.165, 1.54) is 28.3 Å². The van der Waals surface area contributed by atoms with E-state index in [2.05, 4.69) is 10.3 Å². The number of thioether (sulfide) groups is 1. The first-order chi connectivity index (χ1) is 16.5. The van der Waals surface area contributed by atoms with E-state index in [-0.39, 0.29) is 10.8 Å². The molecule has 0 radical (unpaired) electrons. The van der Waals surface area contributed by atoms with Crippen LogP contribution in [0.15, 0.2) is 82.8 Å². The maximum atomic E-state index is 13.2. The van der Waals surface area contributed by atoms with Gasteiger partial charge in [0.05, 0.1) is 25.3 Å². The quantitative estimate of drug-likeness (QED) is 0.473. The average Bonchev–Trinajstić information content (AvgIpc) is 2.88. The van der Waals surface area contributed by atoms with Crippen molar-refractivity contribution >= 4 is 33.4 Å². The summed E-state index contributed by atoms with van der Waals surface area (Å²) in [7, 11) is -2.07. The van der Waals surface area contributed by atoms with Crippen LogP contribution in [0, 0.1) is 0 Å². The van der Waals surface area contributed by atoms with Crippen molar-refractivity contribution in [3.63, 3.8) is 0 Å². The number of rotatable bonds is 8. The van der Waals surface area contributed by atoms with Gasteiger partial charge in [-0.3, -0.25) is 4.79 Å². The Morgan fingerprint density at radius 2 is 1.85 bits per heavy atom. The van der Waals surface area contributed by atoms with Crippen LogP contribution in [0.1, 0.15) is 10.8 Å². The zero-order valence-electron chi connectivity index (χ0n) is 18.6. The number of ether oxygens (including phenoxy) is 2. The molecule has 0 spiro atoms. The summed E-state index contributed by atoms with van der Waals surface area (Å²) >= 11 is 1.25. The van der Waals surface area contributed by atoms with E-state index in [1.54, 1.807) is 37.4 Å². The van der Waals surface area contributed by atoms with Gasteiger partial charge in [0, 0.05) is 31.0 Å². The number of anilines is 1. The Morgan fingerprint density at radius 1 is 1.09 bits per heavy atom. The standard InChI is InChI=1S/C24H25N3O5S2/c1-31-20-9-5-8-19(16-20)26-24(28)23(18-6-3-2-4-7-18)33-22-11-10-21(17-25-22)34(29,30)27-12-14-32-15-13-27/h2-11,16-17,23H,12-15H2,1H3,(H,26,28)/t23-/m1/s1. The molecule has 34 heavy (non-hydrogen) atoms. The van der Waals surface area contributed by atoms with Crippen molar-refractivity contribution in [3.8, 4) is 5.75 Å². The summed E-state index contributed by atoms with van der Waals surface area (Å²) in [4.78, 5) is 17.7. The molecule has 8 nitrogen and oxygen atoms in total. The second kappa shape index (κ2) is 11.0. The molecule has 4 rings (SSSR count). The van der Waals surface area contributed by atoms with E-state index in [0.717, 1.165) is 5.56 Å². The molecular formula is C24H25N3O5S2. The highest BCUT2D eigenvalue weighted by Gasteiger charge is 2.27. The lowest BCUT2D eigenvalue weighted by Crippen LogP contribution is -2.40. The molecule has 1 saturated heterocycles. The molecule has 3 aromatic rings. The summed E-state index contributed by atoms with van der Waals surface area (Å²) in [6.45, 7) is 1.39. The van der Waals surface area contributed by atoms with Crippen LogP contribution in [0.2, 0.25) is 0 Å². The molecule has 2 heterocycles. The van der Waals surface area contributed by atoms with Gasteiger partial charge in [-0.05, 0) is 29.8 Å². The van der Waals surface area contributed by atoms with Crippen LogP contribution in [0.25, 0.3) is 0 Å². The summed E-state index contributed by atoms with van der Waals surface area (Å²) in [6, 6.07) is 19.7. The molecule has 1 N–H and O–H groups in total. The number of methoxy groups -OCH3 is 1. The fourth-order valence-electron chi connectivity index (χ4n) is 3.46. The number of morpholine rings is 1. The predicted octanol–water partition coefficient (Wildman–Crippen LogP) is 3.58. The summed E-state index contributed by atoms with van der Waals surface area (Å²) in [5.74, 6) is 0.414. The van der Waals surface area contributed by atoms with E-state index in [4.69, 9.17) is 9.47 Å². The lowest BCUT2D eigenvalue weighted by atomic mass is 10.1. The Labute approximate surface area is 203 Å². The number of aromatic nitrogens is 1. The van der Waals surface area contributed by atoms with Crippen LogP contribution in [0.5, 0.6) is 5.75 Å². The first-order valence-corrected chi connectivity index (χ1v) is 13.0. The van der Waals surface area contributed by atoms with Crippen molar-refractivity contribution in [3.05, 3.63) is 78.5 Å². The number of pyridine rings is 1. The van der Waals surface area contributed by atoms with Gasteiger partial charge in [0.15, 0.2) is 0 Å². The molecule has 1 fully saturated rings. The Morgan fingerprint density at radius 3 is 2.53 bits per heavy atom. The first kappa shape index (κ1) is 24.2. The molecule has 0 bridgehead atoms. The fraction of sp³-hybridized carbons (Fsp3) is 0.250. The predicted molar refractivity (Wildman–Crippen MR) is 130 cm³/mol. The third-order valence-electron chi connectivity index (χ3n) is 5.23. The van der Waals surface area contributed by atoms with Crippen LogP contribution in [-0.2, 0) is 19.6 Å². The fourth-order valence-corrected chi connectivity index (χ4v) is 5.77. The number of nitrogens with zero attached hydrogens (tertiary/aromatic N) is 2. The van der Waals surface area contributed by atoms with Crippen LogP contribution in [0.4, 0.5) is 5.69 Å².